The molecule has 28 heavy (non-hydrogen) atoms. The quantitative estimate of drug-likeness (QED) is 0.656. The number of carboxylic acids is 1. The van der Waals surface area contributed by atoms with Crippen molar-refractivity contribution in [2.24, 2.45) is 0 Å². The largest absolute Gasteiger partial charge is 0.492 e. The predicted octanol–water partition coefficient (Wildman–Crippen LogP) is 3.71. The zero-order valence-electron chi connectivity index (χ0n) is 16.6. The highest BCUT2D eigenvalue weighted by molar-refractivity contribution is 5.85. The second-order valence-electron chi connectivity index (χ2n) is 5.77. The van der Waals surface area contributed by atoms with Gasteiger partial charge >= 0.3 is 5.97 Å². The highest BCUT2D eigenvalue weighted by Crippen LogP contribution is 2.49. The van der Waals surface area contributed by atoms with E-state index in [9.17, 15) is 4.79 Å². The Morgan fingerprint density at radius 3 is 1.93 bits per heavy atom. The van der Waals surface area contributed by atoms with E-state index in [4.69, 9.17) is 28.8 Å². The molecule has 0 aliphatic rings. The van der Waals surface area contributed by atoms with Crippen molar-refractivity contribution >= 4 is 12.0 Å². The van der Waals surface area contributed by atoms with Crippen LogP contribution < -0.4 is 23.7 Å². The van der Waals surface area contributed by atoms with Crippen molar-refractivity contribution in [3.05, 3.63) is 47.0 Å². The molecule has 0 spiro atoms. The molecule has 0 saturated carbocycles. The minimum absolute atomic E-state index is 0.218. The third-order valence-corrected chi connectivity index (χ3v) is 4.18. The standard InChI is InChI=1S/C21H24O7/c1-13-16(19(25-3)21(27-5)20(26-4)18(13)24-2)12-28-15-9-6-14(7-10-15)8-11-17(22)23/h6-11H,12H2,1-5H3,(H,22,23). The van der Waals surface area contributed by atoms with E-state index in [0.717, 1.165) is 22.8 Å². The fraction of sp³-hybridized carbons (Fsp3) is 0.286. The molecule has 0 radical (unpaired) electrons. The number of rotatable bonds is 9. The van der Waals surface area contributed by atoms with Gasteiger partial charge in [-0.1, -0.05) is 12.1 Å². The van der Waals surface area contributed by atoms with Crippen molar-refractivity contribution in [1.29, 1.82) is 0 Å². The van der Waals surface area contributed by atoms with Crippen LogP contribution in [-0.2, 0) is 11.4 Å². The summed E-state index contributed by atoms with van der Waals surface area (Å²) >= 11 is 0. The maximum Gasteiger partial charge on any atom is 0.328 e. The number of carbonyl (C=O) groups is 1. The Morgan fingerprint density at radius 2 is 1.43 bits per heavy atom. The third kappa shape index (κ3) is 4.49. The number of ether oxygens (including phenoxy) is 5. The van der Waals surface area contributed by atoms with E-state index in [1.807, 2.05) is 6.92 Å². The second-order valence-corrected chi connectivity index (χ2v) is 5.77. The van der Waals surface area contributed by atoms with Gasteiger partial charge in [0, 0.05) is 17.2 Å². The van der Waals surface area contributed by atoms with Gasteiger partial charge in [0.15, 0.2) is 11.5 Å². The molecule has 0 heterocycles. The molecule has 2 rings (SSSR count). The number of hydrogen-bond donors (Lipinski definition) is 1. The molecule has 0 fully saturated rings. The SMILES string of the molecule is COc1c(C)c(COc2ccc(C=CC(=O)O)cc2)c(OC)c(OC)c1OC. The molecule has 0 bridgehead atoms. The molecule has 0 aliphatic carbocycles. The molecule has 2 aromatic rings. The van der Waals surface area contributed by atoms with Gasteiger partial charge in [-0.2, -0.15) is 0 Å². The summed E-state index contributed by atoms with van der Waals surface area (Å²) < 4.78 is 27.8. The predicted molar refractivity (Wildman–Crippen MR) is 105 cm³/mol. The maximum atomic E-state index is 10.6. The Hall–Kier alpha value is -3.35. The van der Waals surface area contributed by atoms with Crippen molar-refractivity contribution in [1.82, 2.24) is 0 Å². The van der Waals surface area contributed by atoms with E-state index in [1.54, 1.807) is 38.5 Å². The van der Waals surface area contributed by atoms with Gasteiger partial charge in [-0.3, -0.25) is 0 Å². The van der Waals surface area contributed by atoms with Crippen LogP contribution in [0.1, 0.15) is 16.7 Å². The van der Waals surface area contributed by atoms with Crippen LogP contribution >= 0.6 is 0 Å². The Labute approximate surface area is 164 Å². The van der Waals surface area contributed by atoms with E-state index in [-0.39, 0.29) is 6.61 Å². The average molecular weight is 388 g/mol. The summed E-state index contributed by atoms with van der Waals surface area (Å²) in [7, 11) is 6.18. The zero-order valence-corrected chi connectivity index (χ0v) is 16.6. The first-order valence-electron chi connectivity index (χ1n) is 8.46. The van der Waals surface area contributed by atoms with E-state index < -0.39 is 5.97 Å². The highest BCUT2D eigenvalue weighted by atomic mass is 16.5. The van der Waals surface area contributed by atoms with E-state index in [2.05, 4.69) is 0 Å². The van der Waals surface area contributed by atoms with Crippen LogP contribution in [0.25, 0.3) is 6.08 Å². The summed E-state index contributed by atoms with van der Waals surface area (Å²) in [5.74, 6) is 1.58. The monoisotopic (exact) mass is 388 g/mol. The van der Waals surface area contributed by atoms with Crippen LogP contribution in [0.2, 0.25) is 0 Å². The lowest BCUT2D eigenvalue weighted by Crippen LogP contribution is -2.07. The first-order valence-corrected chi connectivity index (χ1v) is 8.46. The second kappa shape index (κ2) is 9.55. The van der Waals surface area contributed by atoms with Crippen LogP contribution in [0.15, 0.2) is 30.3 Å². The van der Waals surface area contributed by atoms with Gasteiger partial charge in [-0.25, -0.2) is 4.79 Å². The third-order valence-electron chi connectivity index (χ3n) is 4.18. The smallest absolute Gasteiger partial charge is 0.328 e. The van der Waals surface area contributed by atoms with Crippen molar-refractivity contribution < 1.29 is 33.6 Å². The summed E-state index contributed by atoms with van der Waals surface area (Å²) in [5, 5.41) is 8.69. The highest BCUT2D eigenvalue weighted by Gasteiger charge is 2.25. The van der Waals surface area contributed by atoms with Gasteiger partial charge < -0.3 is 28.8 Å². The summed E-state index contributed by atoms with van der Waals surface area (Å²) in [6, 6.07) is 7.07. The van der Waals surface area contributed by atoms with Crippen molar-refractivity contribution in [3.63, 3.8) is 0 Å². The van der Waals surface area contributed by atoms with Crippen LogP contribution in [0.3, 0.4) is 0 Å². The molecule has 2 aromatic carbocycles. The number of aliphatic carboxylic acids is 1. The summed E-state index contributed by atoms with van der Waals surface area (Å²) in [4.78, 5) is 10.6. The van der Waals surface area contributed by atoms with Crippen LogP contribution in [0.4, 0.5) is 0 Å². The Kier molecular flexibility index (Phi) is 7.14. The topological polar surface area (TPSA) is 83.5 Å². The molecule has 0 amide bonds. The molecular weight excluding hydrogens is 364 g/mol. The normalized spacial score (nSPS) is 10.6. The average Bonchev–Trinajstić information content (AvgIpc) is 2.70. The van der Waals surface area contributed by atoms with Gasteiger partial charge in [0.1, 0.15) is 12.4 Å². The minimum atomic E-state index is -0.995. The van der Waals surface area contributed by atoms with Crippen LogP contribution in [0.5, 0.6) is 28.7 Å². The molecule has 7 nitrogen and oxygen atoms in total. The lowest BCUT2D eigenvalue weighted by atomic mass is 10.0. The van der Waals surface area contributed by atoms with Gasteiger partial charge in [0.05, 0.1) is 28.4 Å². The fourth-order valence-corrected chi connectivity index (χ4v) is 2.83. The Morgan fingerprint density at radius 1 is 0.893 bits per heavy atom. The van der Waals surface area contributed by atoms with E-state index in [1.165, 1.54) is 20.3 Å². The van der Waals surface area contributed by atoms with Gasteiger partial charge in [0.25, 0.3) is 0 Å². The van der Waals surface area contributed by atoms with Crippen LogP contribution in [-0.4, -0.2) is 39.5 Å². The Bertz CT molecular complexity index is 854. The molecule has 0 aliphatic heterocycles. The maximum absolute atomic E-state index is 10.6. The van der Waals surface area contributed by atoms with Crippen molar-refractivity contribution in [3.8, 4) is 28.7 Å². The lowest BCUT2D eigenvalue weighted by Gasteiger charge is -2.21. The first kappa shape index (κ1) is 21.0. The molecule has 7 heteroatoms. The molecule has 0 atom stereocenters. The van der Waals surface area contributed by atoms with Crippen molar-refractivity contribution in [2.75, 3.05) is 28.4 Å². The molecule has 0 unspecified atom stereocenters. The summed E-state index contributed by atoms with van der Waals surface area (Å²) in [6.07, 6.45) is 2.60. The first-order chi connectivity index (χ1) is 13.5. The number of hydrogen-bond acceptors (Lipinski definition) is 6. The zero-order chi connectivity index (χ0) is 20.7. The molecular formula is C21H24O7. The summed E-state index contributed by atoms with van der Waals surface area (Å²) in [6.45, 7) is 2.11. The Balaban J connectivity index is 2.32. The molecule has 150 valence electrons. The minimum Gasteiger partial charge on any atom is -0.492 e. The molecule has 1 N–H and O–H groups in total. The van der Waals surface area contributed by atoms with Gasteiger partial charge in [-0.15, -0.1) is 0 Å². The summed E-state index contributed by atoms with van der Waals surface area (Å²) in [5.41, 5.74) is 2.35. The number of methoxy groups -OCH3 is 4. The number of carboxylic acid groups (broad SMARTS) is 1. The molecule has 0 saturated heterocycles. The van der Waals surface area contributed by atoms with Crippen LogP contribution in [0, 0.1) is 6.92 Å². The van der Waals surface area contributed by atoms with Gasteiger partial charge in [-0.05, 0) is 30.7 Å². The number of benzene rings is 2. The van der Waals surface area contributed by atoms with E-state index in [0.29, 0.717) is 28.7 Å². The van der Waals surface area contributed by atoms with Crippen molar-refractivity contribution in [2.45, 2.75) is 13.5 Å². The van der Waals surface area contributed by atoms with E-state index >= 15 is 0 Å². The lowest BCUT2D eigenvalue weighted by molar-refractivity contribution is -0.131. The van der Waals surface area contributed by atoms with Gasteiger partial charge in [0.2, 0.25) is 11.5 Å². The fourth-order valence-electron chi connectivity index (χ4n) is 2.83. The molecule has 0 aromatic heterocycles.